The highest BCUT2D eigenvalue weighted by Gasteiger charge is 2.15. The lowest BCUT2D eigenvalue weighted by Gasteiger charge is -2.15. The number of hydrogen-bond acceptors (Lipinski definition) is 4. The maximum Gasteiger partial charge on any atom is 0.188 e. The van der Waals surface area contributed by atoms with E-state index in [0.29, 0.717) is 12.2 Å². The number of ketones is 1. The summed E-state index contributed by atoms with van der Waals surface area (Å²) in [6.45, 7) is 6.02. The van der Waals surface area contributed by atoms with E-state index in [9.17, 15) is 4.79 Å². The molecule has 0 saturated heterocycles. The van der Waals surface area contributed by atoms with Gasteiger partial charge in [0.15, 0.2) is 5.78 Å². The SMILES string of the molecule is CCc1cc(C(=O)CO)ccc1OCCCCC(C)(C)C#N. The number of aliphatic hydroxyl groups is 1. The molecule has 0 heterocycles. The molecule has 120 valence electrons. The molecule has 0 spiro atoms. The zero-order valence-electron chi connectivity index (χ0n) is 13.7. The Labute approximate surface area is 132 Å². The van der Waals surface area contributed by atoms with Crippen molar-refractivity contribution >= 4 is 5.78 Å². The van der Waals surface area contributed by atoms with E-state index in [1.54, 1.807) is 18.2 Å². The van der Waals surface area contributed by atoms with E-state index in [0.717, 1.165) is 37.0 Å². The van der Waals surface area contributed by atoms with Gasteiger partial charge in [0.1, 0.15) is 12.4 Å². The first-order valence-corrected chi connectivity index (χ1v) is 7.74. The number of benzene rings is 1. The molecule has 4 heteroatoms. The lowest BCUT2D eigenvalue weighted by Crippen LogP contribution is -2.09. The van der Waals surface area contributed by atoms with E-state index in [2.05, 4.69) is 6.07 Å². The van der Waals surface area contributed by atoms with Crippen molar-refractivity contribution in [3.05, 3.63) is 29.3 Å². The normalized spacial score (nSPS) is 11.0. The highest BCUT2D eigenvalue weighted by molar-refractivity contribution is 5.97. The maximum absolute atomic E-state index is 11.5. The molecule has 0 atom stereocenters. The molecule has 0 amide bonds. The van der Waals surface area contributed by atoms with Gasteiger partial charge >= 0.3 is 0 Å². The summed E-state index contributed by atoms with van der Waals surface area (Å²) < 4.78 is 5.79. The Morgan fingerprint density at radius 3 is 2.68 bits per heavy atom. The predicted molar refractivity (Wildman–Crippen MR) is 86.0 cm³/mol. The van der Waals surface area contributed by atoms with Gasteiger partial charge in [0.05, 0.1) is 18.1 Å². The van der Waals surface area contributed by atoms with Gasteiger partial charge in [-0.3, -0.25) is 4.79 Å². The Kier molecular flexibility index (Phi) is 7.07. The van der Waals surface area contributed by atoms with Crippen molar-refractivity contribution in [3.8, 4) is 11.8 Å². The zero-order chi connectivity index (χ0) is 16.6. The maximum atomic E-state index is 11.5. The first-order valence-electron chi connectivity index (χ1n) is 7.74. The van der Waals surface area contributed by atoms with Crippen LogP contribution in [0.1, 0.15) is 56.0 Å². The van der Waals surface area contributed by atoms with Crippen LogP contribution >= 0.6 is 0 Å². The van der Waals surface area contributed by atoms with Crippen LogP contribution in [0.25, 0.3) is 0 Å². The second-order valence-corrected chi connectivity index (χ2v) is 6.06. The molecule has 22 heavy (non-hydrogen) atoms. The number of unbranched alkanes of at least 4 members (excludes halogenated alkanes) is 1. The van der Waals surface area contributed by atoms with Gasteiger partial charge < -0.3 is 9.84 Å². The molecule has 0 aliphatic carbocycles. The van der Waals surface area contributed by atoms with E-state index in [4.69, 9.17) is 15.1 Å². The zero-order valence-corrected chi connectivity index (χ0v) is 13.7. The summed E-state index contributed by atoms with van der Waals surface area (Å²) >= 11 is 0. The average molecular weight is 303 g/mol. The lowest BCUT2D eigenvalue weighted by atomic mass is 9.89. The van der Waals surface area contributed by atoms with Crippen LogP contribution in [0.4, 0.5) is 0 Å². The third-order valence-corrected chi connectivity index (χ3v) is 3.66. The molecule has 1 aromatic rings. The molecule has 1 aromatic carbocycles. The molecule has 0 bridgehead atoms. The highest BCUT2D eigenvalue weighted by Crippen LogP contribution is 2.23. The topological polar surface area (TPSA) is 70.3 Å². The van der Waals surface area contributed by atoms with Crippen LogP contribution in [-0.4, -0.2) is 24.1 Å². The van der Waals surface area contributed by atoms with Crippen molar-refractivity contribution < 1.29 is 14.6 Å². The molecular weight excluding hydrogens is 278 g/mol. The monoisotopic (exact) mass is 303 g/mol. The van der Waals surface area contributed by atoms with Crippen LogP contribution in [0.15, 0.2) is 18.2 Å². The van der Waals surface area contributed by atoms with Crippen molar-refractivity contribution in [2.75, 3.05) is 13.2 Å². The molecule has 0 unspecified atom stereocenters. The average Bonchev–Trinajstić information content (AvgIpc) is 2.53. The van der Waals surface area contributed by atoms with Crippen LogP contribution in [-0.2, 0) is 6.42 Å². The number of aryl methyl sites for hydroxylation is 1. The van der Waals surface area contributed by atoms with Gasteiger partial charge in [-0.25, -0.2) is 0 Å². The molecule has 4 nitrogen and oxygen atoms in total. The van der Waals surface area contributed by atoms with Gasteiger partial charge in [-0.05, 0) is 63.3 Å². The molecule has 1 N–H and O–H groups in total. The number of carbonyl (C=O) groups excluding carboxylic acids is 1. The first kappa shape index (κ1) is 18.2. The van der Waals surface area contributed by atoms with Crippen LogP contribution in [0.5, 0.6) is 5.75 Å². The van der Waals surface area contributed by atoms with Gasteiger partial charge in [0.2, 0.25) is 0 Å². The first-order chi connectivity index (χ1) is 10.4. The van der Waals surface area contributed by atoms with Gasteiger partial charge in [0.25, 0.3) is 0 Å². The van der Waals surface area contributed by atoms with E-state index >= 15 is 0 Å². The van der Waals surface area contributed by atoms with E-state index in [-0.39, 0.29) is 11.2 Å². The molecule has 0 aliphatic heterocycles. The van der Waals surface area contributed by atoms with Crippen LogP contribution < -0.4 is 4.74 Å². The molecule has 0 saturated carbocycles. The summed E-state index contributed by atoms with van der Waals surface area (Å²) in [5, 5.41) is 17.9. The number of nitrogens with zero attached hydrogens (tertiary/aromatic N) is 1. The van der Waals surface area contributed by atoms with E-state index < -0.39 is 6.61 Å². The number of Topliss-reactive ketones (excluding diaryl/α,β-unsaturated/α-hetero) is 1. The second-order valence-electron chi connectivity index (χ2n) is 6.06. The second kappa shape index (κ2) is 8.55. The summed E-state index contributed by atoms with van der Waals surface area (Å²) in [5.41, 5.74) is 1.21. The molecule has 0 radical (unpaired) electrons. The smallest absolute Gasteiger partial charge is 0.188 e. The van der Waals surface area contributed by atoms with E-state index in [1.807, 2.05) is 20.8 Å². The minimum atomic E-state index is -0.474. The molecule has 0 aromatic heterocycles. The fourth-order valence-electron chi connectivity index (χ4n) is 2.17. The Morgan fingerprint density at radius 2 is 2.09 bits per heavy atom. The summed E-state index contributed by atoms with van der Waals surface area (Å²) in [6.07, 6.45) is 3.47. The van der Waals surface area contributed by atoms with Crippen molar-refractivity contribution in [2.45, 2.75) is 46.5 Å². The molecule has 1 rings (SSSR count). The third-order valence-electron chi connectivity index (χ3n) is 3.66. The van der Waals surface area contributed by atoms with Crippen molar-refractivity contribution in [1.82, 2.24) is 0 Å². The van der Waals surface area contributed by atoms with Gasteiger partial charge in [-0.15, -0.1) is 0 Å². The number of ether oxygens (including phenoxy) is 1. The number of carbonyl (C=O) groups is 1. The summed E-state index contributed by atoms with van der Waals surface area (Å²) in [7, 11) is 0. The summed E-state index contributed by atoms with van der Waals surface area (Å²) in [5.74, 6) is 0.511. The Hall–Kier alpha value is -1.86. The Balaban J connectivity index is 2.53. The number of nitriles is 1. The van der Waals surface area contributed by atoms with Gasteiger partial charge in [-0.2, -0.15) is 5.26 Å². The van der Waals surface area contributed by atoms with E-state index in [1.165, 1.54) is 0 Å². The fraction of sp³-hybridized carbons (Fsp3) is 0.556. The largest absolute Gasteiger partial charge is 0.493 e. The lowest BCUT2D eigenvalue weighted by molar-refractivity contribution is 0.0903. The molecule has 0 aliphatic rings. The minimum Gasteiger partial charge on any atom is -0.493 e. The van der Waals surface area contributed by atoms with Gasteiger partial charge in [-0.1, -0.05) is 6.92 Å². The summed E-state index contributed by atoms with van der Waals surface area (Å²) in [4.78, 5) is 11.5. The Bertz CT molecular complexity index is 544. The quantitative estimate of drug-likeness (QED) is 0.559. The van der Waals surface area contributed by atoms with Crippen LogP contribution in [0.3, 0.4) is 0 Å². The standard InChI is InChI=1S/C18H25NO3/c1-4-14-11-15(16(21)12-20)7-8-17(14)22-10-6-5-9-18(2,3)13-19/h7-8,11,20H,4-6,9-10,12H2,1-3H3. The predicted octanol–water partition coefficient (Wildman–Crippen LogP) is 3.52. The minimum absolute atomic E-state index is 0.277. The van der Waals surface area contributed by atoms with Crippen LogP contribution in [0, 0.1) is 16.7 Å². The Morgan fingerprint density at radius 1 is 1.36 bits per heavy atom. The summed E-state index contributed by atoms with van der Waals surface area (Å²) in [6, 6.07) is 7.56. The fourth-order valence-corrected chi connectivity index (χ4v) is 2.17. The van der Waals surface area contributed by atoms with Crippen LogP contribution in [0.2, 0.25) is 0 Å². The van der Waals surface area contributed by atoms with Gasteiger partial charge in [0, 0.05) is 5.56 Å². The highest BCUT2D eigenvalue weighted by atomic mass is 16.5. The number of hydrogen-bond donors (Lipinski definition) is 1. The number of rotatable bonds is 9. The molecular formula is C18H25NO3. The van der Waals surface area contributed by atoms with Crippen molar-refractivity contribution in [2.24, 2.45) is 5.41 Å². The number of aliphatic hydroxyl groups excluding tert-OH is 1. The van der Waals surface area contributed by atoms with Crippen molar-refractivity contribution in [3.63, 3.8) is 0 Å². The molecule has 0 fully saturated rings. The van der Waals surface area contributed by atoms with Crippen molar-refractivity contribution in [1.29, 1.82) is 5.26 Å². The third kappa shape index (κ3) is 5.50.